The number of piperidine rings is 1. The number of aromatic nitrogens is 4. The van der Waals surface area contributed by atoms with Gasteiger partial charge in [-0.2, -0.15) is 5.10 Å². The Bertz CT molecular complexity index is 1720. The lowest BCUT2D eigenvalue weighted by atomic mass is 9.93. The van der Waals surface area contributed by atoms with Crippen LogP contribution in [-0.4, -0.2) is 67.2 Å². The maximum absolute atomic E-state index is 13.7. The summed E-state index contributed by atoms with van der Waals surface area (Å²) >= 11 is 6.26. The lowest BCUT2D eigenvalue weighted by Gasteiger charge is -2.33. The lowest BCUT2D eigenvalue weighted by molar-refractivity contribution is -0.135. The van der Waals surface area contributed by atoms with Crippen LogP contribution in [0, 0.1) is 12.3 Å². The Morgan fingerprint density at radius 3 is 2.64 bits per heavy atom. The van der Waals surface area contributed by atoms with Gasteiger partial charge < -0.3 is 26.0 Å². The number of fused-ring (bicyclic) bond motifs is 1. The molecule has 220 valence electrons. The third-order valence-corrected chi connectivity index (χ3v) is 8.06. The minimum absolute atomic E-state index is 0.00104. The number of likely N-dealkylation sites (tertiary alicyclic amines) is 1. The van der Waals surface area contributed by atoms with Gasteiger partial charge in [-0.1, -0.05) is 17.7 Å². The number of rotatable bonds is 8. The van der Waals surface area contributed by atoms with Crippen molar-refractivity contribution in [3.8, 4) is 11.3 Å². The van der Waals surface area contributed by atoms with E-state index in [-0.39, 0.29) is 23.6 Å². The van der Waals surface area contributed by atoms with E-state index in [0.29, 0.717) is 58.9 Å². The fraction of sp³-hybridized carbons (Fsp3) is 0.367. The first-order chi connectivity index (χ1) is 20.1. The van der Waals surface area contributed by atoms with Crippen LogP contribution in [0.25, 0.3) is 22.0 Å². The van der Waals surface area contributed by atoms with E-state index in [1.54, 1.807) is 33.5 Å². The van der Waals surface area contributed by atoms with Gasteiger partial charge in [0.25, 0.3) is 5.56 Å². The number of carbonyl (C=O) groups is 1. The largest absolute Gasteiger partial charge is 0.387 e. The number of halogens is 1. The maximum Gasteiger partial charge on any atom is 0.259 e. The second-order valence-electron chi connectivity index (χ2n) is 10.8. The van der Waals surface area contributed by atoms with Crippen molar-refractivity contribution in [2.75, 3.05) is 30.3 Å². The van der Waals surface area contributed by atoms with Gasteiger partial charge in [0.05, 0.1) is 17.6 Å². The first-order valence-corrected chi connectivity index (χ1v) is 14.2. The number of nitrogens with one attached hydrogen (secondary N) is 3. The zero-order valence-electron chi connectivity index (χ0n) is 24.1. The SMILES string of the molecule is Cc1cc(C(C)Nc2ccc(Cl)nc2-c2cnn(C)c2)c2c(C=N)c(NC3CCN(C(=O)CO)CC3)n(C)c(=O)c2c1. The molecular weight excluding hydrogens is 556 g/mol. The topological polar surface area (TPSA) is 141 Å². The fourth-order valence-electron chi connectivity index (χ4n) is 5.71. The average molecular weight is 591 g/mol. The van der Waals surface area contributed by atoms with Gasteiger partial charge in [0.2, 0.25) is 5.91 Å². The molecule has 0 bridgehead atoms. The zero-order valence-corrected chi connectivity index (χ0v) is 24.9. The number of nitrogens with zero attached hydrogens (tertiary/aromatic N) is 5. The van der Waals surface area contributed by atoms with Crippen LogP contribution in [-0.2, 0) is 18.9 Å². The summed E-state index contributed by atoms with van der Waals surface area (Å²) < 4.78 is 3.27. The minimum Gasteiger partial charge on any atom is -0.387 e. The summed E-state index contributed by atoms with van der Waals surface area (Å²) in [7, 11) is 3.55. The van der Waals surface area contributed by atoms with Crippen molar-refractivity contribution in [2.45, 2.75) is 38.8 Å². The number of anilines is 2. The molecule has 1 fully saturated rings. The van der Waals surface area contributed by atoms with Crippen LogP contribution in [0.5, 0.6) is 0 Å². The molecule has 1 aliphatic rings. The number of aliphatic hydroxyl groups is 1. The number of hydrogen-bond donors (Lipinski definition) is 4. The second kappa shape index (κ2) is 11.9. The molecule has 4 heterocycles. The summed E-state index contributed by atoms with van der Waals surface area (Å²) in [4.78, 5) is 31.8. The molecule has 0 saturated carbocycles. The van der Waals surface area contributed by atoms with Crippen LogP contribution >= 0.6 is 11.6 Å². The van der Waals surface area contributed by atoms with Crippen molar-refractivity contribution in [1.29, 1.82) is 5.41 Å². The highest BCUT2D eigenvalue weighted by atomic mass is 35.5. The Balaban J connectivity index is 1.56. The second-order valence-corrected chi connectivity index (χ2v) is 11.2. The number of carbonyl (C=O) groups excluding carboxylic acids is 1. The van der Waals surface area contributed by atoms with Gasteiger partial charge in [-0.15, -0.1) is 0 Å². The van der Waals surface area contributed by atoms with Crippen molar-refractivity contribution in [1.82, 2.24) is 24.2 Å². The fourth-order valence-corrected chi connectivity index (χ4v) is 5.86. The molecule has 1 aliphatic heterocycles. The number of aliphatic hydroxyl groups excluding tert-OH is 1. The van der Waals surface area contributed by atoms with Crippen molar-refractivity contribution < 1.29 is 9.90 Å². The number of benzene rings is 1. The Kier molecular flexibility index (Phi) is 8.33. The van der Waals surface area contributed by atoms with Gasteiger partial charge in [-0.05, 0) is 56.0 Å². The summed E-state index contributed by atoms with van der Waals surface area (Å²) in [5.41, 5.74) is 4.50. The van der Waals surface area contributed by atoms with E-state index < -0.39 is 6.61 Å². The quantitative estimate of drug-likeness (QED) is 0.180. The molecule has 0 radical (unpaired) electrons. The molecule has 0 aliphatic carbocycles. The highest BCUT2D eigenvalue weighted by molar-refractivity contribution is 6.29. The van der Waals surface area contributed by atoms with E-state index in [4.69, 9.17) is 17.0 Å². The first-order valence-electron chi connectivity index (χ1n) is 13.9. The highest BCUT2D eigenvalue weighted by Gasteiger charge is 2.26. The summed E-state index contributed by atoms with van der Waals surface area (Å²) in [6.45, 7) is 4.50. The molecule has 1 aromatic carbocycles. The van der Waals surface area contributed by atoms with E-state index in [2.05, 4.69) is 20.7 Å². The zero-order chi connectivity index (χ0) is 30.1. The van der Waals surface area contributed by atoms with Gasteiger partial charge in [-0.25, -0.2) is 4.98 Å². The summed E-state index contributed by atoms with van der Waals surface area (Å²) in [6.07, 6.45) is 6.22. The van der Waals surface area contributed by atoms with Crippen LogP contribution in [0.2, 0.25) is 5.15 Å². The summed E-state index contributed by atoms with van der Waals surface area (Å²) in [5, 5.41) is 30.6. The highest BCUT2D eigenvalue weighted by Crippen LogP contribution is 2.35. The van der Waals surface area contributed by atoms with E-state index in [1.807, 2.05) is 45.3 Å². The molecule has 4 aromatic rings. The van der Waals surface area contributed by atoms with Crippen molar-refractivity contribution >= 4 is 46.0 Å². The number of pyridine rings is 2. The lowest BCUT2D eigenvalue weighted by Crippen LogP contribution is -2.44. The molecule has 42 heavy (non-hydrogen) atoms. The maximum atomic E-state index is 13.7. The third-order valence-electron chi connectivity index (χ3n) is 7.85. The molecule has 4 N–H and O–H groups in total. The summed E-state index contributed by atoms with van der Waals surface area (Å²) in [6, 6.07) is 7.25. The molecule has 0 spiro atoms. The third kappa shape index (κ3) is 5.62. The van der Waals surface area contributed by atoms with Gasteiger partial charge >= 0.3 is 0 Å². The first kappa shape index (κ1) is 29.3. The molecule has 1 amide bonds. The Labute approximate surface area is 248 Å². The predicted octanol–water partition coefficient (Wildman–Crippen LogP) is 3.86. The van der Waals surface area contributed by atoms with Crippen LogP contribution in [0.3, 0.4) is 0 Å². The summed E-state index contributed by atoms with van der Waals surface area (Å²) in [5.74, 6) is 0.284. The molecule has 12 heteroatoms. The monoisotopic (exact) mass is 590 g/mol. The van der Waals surface area contributed by atoms with Crippen LogP contribution in [0.1, 0.15) is 42.5 Å². The molecule has 3 aromatic heterocycles. The van der Waals surface area contributed by atoms with Crippen LogP contribution in [0.4, 0.5) is 11.5 Å². The molecular formula is C30H35ClN8O3. The number of aryl methyl sites for hydroxylation is 2. The van der Waals surface area contributed by atoms with Crippen molar-refractivity contribution in [3.05, 3.63) is 68.9 Å². The molecule has 1 atom stereocenters. The van der Waals surface area contributed by atoms with E-state index in [0.717, 1.165) is 22.4 Å². The van der Waals surface area contributed by atoms with E-state index in [1.165, 1.54) is 6.21 Å². The normalized spacial score (nSPS) is 14.7. The molecule has 5 rings (SSSR count). The average Bonchev–Trinajstić information content (AvgIpc) is 3.42. The Morgan fingerprint density at radius 2 is 2.00 bits per heavy atom. The van der Waals surface area contributed by atoms with Crippen LogP contribution in [0.15, 0.2) is 41.5 Å². The Hall–Kier alpha value is -4.22. The smallest absolute Gasteiger partial charge is 0.259 e. The van der Waals surface area contributed by atoms with E-state index in [9.17, 15) is 14.7 Å². The number of amides is 1. The van der Waals surface area contributed by atoms with Gasteiger partial charge in [0.1, 0.15) is 17.6 Å². The standard InChI is InChI=1S/C30H35ClN8O3/c1-17-11-21(18(2)34-24-5-6-25(31)36-28(24)19-14-33-37(3)15-19)27-22(12-17)30(42)38(4)29(23(27)13-32)35-20-7-9-39(10-8-20)26(41)16-40/h5-6,11-15,18,20,32,34-35,40H,7-10,16H2,1-4H3. The van der Waals surface area contributed by atoms with E-state index >= 15 is 0 Å². The van der Waals surface area contributed by atoms with Crippen LogP contribution < -0.4 is 16.2 Å². The van der Waals surface area contributed by atoms with Crippen molar-refractivity contribution in [3.63, 3.8) is 0 Å². The van der Waals surface area contributed by atoms with Gasteiger partial charge in [0, 0.05) is 73.6 Å². The number of hydrogen-bond acceptors (Lipinski definition) is 8. The van der Waals surface area contributed by atoms with Crippen molar-refractivity contribution in [2.24, 2.45) is 14.1 Å². The molecule has 11 nitrogen and oxygen atoms in total. The predicted molar refractivity (Wildman–Crippen MR) is 166 cm³/mol. The van der Waals surface area contributed by atoms with Gasteiger partial charge in [0.15, 0.2) is 0 Å². The Morgan fingerprint density at radius 1 is 1.26 bits per heavy atom. The van der Waals surface area contributed by atoms with Gasteiger partial charge in [-0.3, -0.25) is 18.8 Å². The molecule has 1 unspecified atom stereocenters. The minimum atomic E-state index is -0.501. The molecule has 1 saturated heterocycles.